The van der Waals surface area contributed by atoms with Gasteiger partial charge in [-0.3, -0.25) is 0 Å². The van der Waals surface area contributed by atoms with Crippen molar-refractivity contribution in [1.29, 1.82) is 0 Å². The predicted octanol–water partition coefficient (Wildman–Crippen LogP) is 2.04. The van der Waals surface area contributed by atoms with E-state index in [2.05, 4.69) is 10.2 Å². The lowest BCUT2D eigenvalue weighted by molar-refractivity contribution is 0.415. The van der Waals surface area contributed by atoms with Crippen molar-refractivity contribution in [2.24, 2.45) is 0 Å². The quantitative estimate of drug-likeness (QED) is 0.832. The highest BCUT2D eigenvalue weighted by Crippen LogP contribution is 2.24. The molecule has 2 N–H and O–H groups in total. The molecule has 0 aliphatic heterocycles. The fourth-order valence-corrected chi connectivity index (χ4v) is 1.53. The number of hydrogen-bond acceptors (Lipinski definition) is 4. The van der Waals surface area contributed by atoms with Crippen LogP contribution in [-0.4, -0.2) is 17.3 Å². The molecule has 4 heteroatoms. The van der Waals surface area contributed by atoms with Crippen molar-refractivity contribution in [2.75, 3.05) is 12.8 Å². The van der Waals surface area contributed by atoms with Crippen LogP contribution in [0.4, 0.5) is 5.82 Å². The number of aromatic nitrogens is 2. The molecule has 0 radical (unpaired) electrons. The second kappa shape index (κ2) is 4.18. The van der Waals surface area contributed by atoms with Crippen molar-refractivity contribution in [3.8, 4) is 16.9 Å². The van der Waals surface area contributed by atoms with E-state index in [4.69, 9.17) is 10.5 Å². The van der Waals surface area contributed by atoms with E-state index in [0.717, 1.165) is 22.6 Å². The first-order chi connectivity index (χ1) is 7.70. The van der Waals surface area contributed by atoms with Crippen molar-refractivity contribution in [3.63, 3.8) is 0 Å². The van der Waals surface area contributed by atoms with Crippen LogP contribution in [0.2, 0.25) is 0 Å². The van der Waals surface area contributed by atoms with Crippen LogP contribution in [0.1, 0.15) is 5.69 Å². The zero-order valence-corrected chi connectivity index (χ0v) is 9.27. The normalized spacial score (nSPS) is 10.1. The van der Waals surface area contributed by atoms with Gasteiger partial charge in [-0.15, -0.1) is 5.10 Å². The molecule has 1 heterocycles. The van der Waals surface area contributed by atoms with Gasteiger partial charge in [0.15, 0.2) is 0 Å². The van der Waals surface area contributed by atoms with Crippen molar-refractivity contribution >= 4 is 5.82 Å². The minimum absolute atomic E-state index is 0.427. The molecule has 82 valence electrons. The summed E-state index contributed by atoms with van der Waals surface area (Å²) < 4.78 is 5.11. The Morgan fingerprint density at radius 2 is 1.81 bits per heavy atom. The predicted molar refractivity (Wildman–Crippen MR) is 63.2 cm³/mol. The number of nitrogens with two attached hydrogens (primary N) is 1. The monoisotopic (exact) mass is 215 g/mol. The Morgan fingerprint density at radius 3 is 2.44 bits per heavy atom. The summed E-state index contributed by atoms with van der Waals surface area (Å²) in [4.78, 5) is 0. The number of methoxy groups -OCH3 is 1. The first-order valence-electron chi connectivity index (χ1n) is 4.95. The molecule has 16 heavy (non-hydrogen) atoms. The number of ether oxygens (including phenoxy) is 1. The summed E-state index contributed by atoms with van der Waals surface area (Å²) in [6.07, 6.45) is 0. The Labute approximate surface area is 94.1 Å². The molecule has 2 rings (SSSR count). The number of nitrogen functional groups attached to an aromatic ring is 1. The number of anilines is 1. The van der Waals surface area contributed by atoms with Crippen molar-refractivity contribution in [3.05, 3.63) is 36.0 Å². The molecule has 0 amide bonds. The van der Waals surface area contributed by atoms with E-state index >= 15 is 0 Å². The SMILES string of the molecule is COc1ccc(-c2cc(N)nnc2C)cc1. The van der Waals surface area contributed by atoms with Gasteiger partial charge in [-0.25, -0.2) is 0 Å². The van der Waals surface area contributed by atoms with Crippen molar-refractivity contribution in [1.82, 2.24) is 10.2 Å². The van der Waals surface area contributed by atoms with Gasteiger partial charge in [-0.2, -0.15) is 5.10 Å². The third kappa shape index (κ3) is 1.95. The number of hydrogen-bond donors (Lipinski definition) is 1. The lowest BCUT2D eigenvalue weighted by atomic mass is 10.1. The minimum Gasteiger partial charge on any atom is -0.497 e. The molecule has 0 spiro atoms. The standard InChI is InChI=1S/C12H13N3O/c1-8-11(7-12(13)15-14-8)9-3-5-10(16-2)6-4-9/h3-7H,1-2H3,(H2,13,15). The summed E-state index contributed by atoms with van der Waals surface area (Å²) in [6.45, 7) is 1.91. The summed E-state index contributed by atoms with van der Waals surface area (Å²) >= 11 is 0. The van der Waals surface area contributed by atoms with Gasteiger partial charge in [0, 0.05) is 5.56 Å². The van der Waals surface area contributed by atoms with Crippen LogP contribution in [0.25, 0.3) is 11.1 Å². The van der Waals surface area contributed by atoms with Gasteiger partial charge in [-0.05, 0) is 30.7 Å². The lowest BCUT2D eigenvalue weighted by Crippen LogP contribution is -1.97. The summed E-state index contributed by atoms with van der Waals surface area (Å²) in [5, 5.41) is 7.79. The van der Waals surface area contributed by atoms with Gasteiger partial charge in [-0.1, -0.05) is 12.1 Å². The summed E-state index contributed by atoms with van der Waals surface area (Å²) in [5.41, 5.74) is 8.53. The fourth-order valence-electron chi connectivity index (χ4n) is 1.53. The second-order valence-electron chi connectivity index (χ2n) is 3.50. The second-order valence-corrected chi connectivity index (χ2v) is 3.50. The maximum Gasteiger partial charge on any atom is 0.146 e. The number of nitrogens with zero attached hydrogens (tertiary/aromatic N) is 2. The van der Waals surface area contributed by atoms with Gasteiger partial charge in [0.05, 0.1) is 12.8 Å². The largest absolute Gasteiger partial charge is 0.497 e. The molecule has 0 atom stereocenters. The topological polar surface area (TPSA) is 61.0 Å². The number of aryl methyl sites for hydroxylation is 1. The summed E-state index contributed by atoms with van der Waals surface area (Å²) in [6, 6.07) is 9.59. The molecule has 1 aromatic carbocycles. The summed E-state index contributed by atoms with van der Waals surface area (Å²) in [7, 11) is 1.65. The molecule has 0 fully saturated rings. The molecule has 1 aromatic heterocycles. The Hall–Kier alpha value is -2.10. The molecule has 0 aliphatic rings. The maximum atomic E-state index is 5.62. The maximum absolute atomic E-state index is 5.62. The van der Waals surface area contributed by atoms with Crippen LogP contribution in [0.3, 0.4) is 0 Å². The molecule has 0 aliphatic carbocycles. The van der Waals surface area contributed by atoms with Gasteiger partial charge in [0.2, 0.25) is 0 Å². The van der Waals surface area contributed by atoms with Gasteiger partial charge in [0.25, 0.3) is 0 Å². The van der Waals surface area contributed by atoms with E-state index in [0.29, 0.717) is 5.82 Å². The van der Waals surface area contributed by atoms with Crippen molar-refractivity contribution < 1.29 is 4.74 Å². The smallest absolute Gasteiger partial charge is 0.146 e. The molecular formula is C12H13N3O. The van der Waals surface area contributed by atoms with E-state index in [9.17, 15) is 0 Å². The zero-order chi connectivity index (χ0) is 11.5. The van der Waals surface area contributed by atoms with Crippen LogP contribution in [0, 0.1) is 6.92 Å². The lowest BCUT2D eigenvalue weighted by Gasteiger charge is -2.06. The number of benzene rings is 1. The highest BCUT2D eigenvalue weighted by Gasteiger charge is 2.04. The molecule has 0 saturated heterocycles. The van der Waals surface area contributed by atoms with Crippen LogP contribution in [0.15, 0.2) is 30.3 Å². The molecule has 2 aromatic rings. The molecule has 0 unspecified atom stereocenters. The van der Waals surface area contributed by atoms with Gasteiger partial charge >= 0.3 is 0 Å². The average molecular weight is 215 g/mol. The highest BCUT2D eigenvalue weighted by molar-refractivity contribution is 5.68. The molecular weight excluding hydrogens is 202 g/mol. The van der Waals surface area contributed by atoms with Crippen LogP contribution in [-0.2, 0) is 0 Å². The third-order valence-electron chi connectivity index (χ3n) is 2.40. The van der Waals surface area contributed by atoms with E-state index in [1.54, 1.807) is 7.11 Å². The third-order valence-corrected chi connectivity index (χ3v) is 2.40. The van der Waals surface area contributed by atoms with E-state index in [-0.39, 0.29) is 0 Å². The van der Waals surface area contributed by atoms with E-state index < -0.39 is 0 Å². The zero-order valence-electron chi connectivity index (χ0n) is 9.27. The van der Waals surface area contributed by atoms with Crippen LogP contribution < -0.4 is 10.5 Å². The van der Waals surface area contributed by atoms with Crippen LogP contribution >= 0.6 is 0 Å². The van der Waals surface area contributed by atoms with Gasteiger partial charge in [0.1, 0.15) is 11.6 Å². The Kier molecular flexibility index (Phi) is 2.72. The fraction of sp³-hybridized carbons (Fsp3) is 0.167. The first kappa shape index (κ1) is 10.4. The summed E-state index contributed by atoms with van der Waals surface area (Å²) in [5.74, 6) is 1.26. The average Bonchev–Trinajstić information content (AvgIpc) is 2.32. The van der Waals surface area contributed by atoms with E-state index in [1.165, 1.54) is 0 Å². The number of rotatable bonds is 2. The Bertz CT molecular complexity index is 494. The Balaban J connectivity index is 2.45. The molecule has 0 bridgehead atoms. The van der Waals surface area contributed by atoms with Gasteiger partial charge < -0.3 is 10.5 Å². The molecule has 4 nitrogen and oxygen atoms in total. The van der Waals surface area contributed by atoms with Crippen molar-refractivity contribution in [2.45, 2.75) is 6.92 Å². The van der Waals surface area contributed by atoms with E-state index in [1.807, 2.05) is 37.3 Å². The first-order valence-corrected chi connectivity index (χ1v) is 4.95. The highest BCUT2D eigenvalue weighted by atomic mass is 16.5. The van der Waals surface area contributed by atoms with Crippen LogP contribution in [0.5, 0.6) is 5.75 Å². The minimum atomic E-state index is 0.427. The molecule has 0 saturated carbocycles. The Morgan fingerprint density at radius 1 is 1.12 bits per heavy atom.